The number of benzene rings is 1. The molecule has 2 rings (SSSR count). The molecule has 0 radical (unpaired) electrons. The van der Waals surface area contributed by atoms with Gasteiger partial charge in [0.2, 0.25) is 0 Å². The highest BCUT2D eigenvalue weighted by atomic mass is 32.1. The number of hydrogen-bond acceptors (Lipinski definition) is 5. The maximum absolute atomic E-state index is 12.5. The van der Waals surface area contributed by atoms with Crippen LogP contribution in [0, 0.1) is 0 Å². The average Bonchev–Trinajstić information content (AvgIpc) is 2.83. The maximum Gasteiger partial charge on any atom is 0.265 e. The lowest BCUT2D eigenvalue weighted by Gasteiger charge is -2.16. The molecule has 0 fully saturated rings. The Labute approximate surface area is 128 Å². The van der Waals surface area contributed by atoms with Crippen molar-refractivity contribution < 1.29 is 9.53 Å². The molecule has 1 aromatic carbocycles. The number of nitrogens with zero attached hydrogens (tertiary/aromatic N) is 1. The van der Waals surface area contributed by atoms with E-state index in [1.54, 1.807) is 12.0 Å². The molecule has 0 bridgehead atoms. The number of nitrogens with two attached hydrogens (primary N) is 1. The third kappa shape index (κ3) is 3.28. The van der Waals surface area contributed by atoms with Crippen molar-refractivity contribution in [3.8, 4) is 5.75 Å². The number of amides is 1. The molecule has 0 aliphatic rings. The molecule has 1 amide bonds. The fourth-order valence-corrected chi connectivity index (χ4v) is 3.30. The van der Waals surface area contributed by atoms with Crippen molar-refractivity contribution in [2.75, 3.05) is 40.0 Å². The molecule has 21 heavy (non-hydrogen) atoms. The lowest BCUT2D eigenvalue weighted by molar-refractivity contribution is 0.0799. The predicted octanol–water partition coefficient (Wildman–Crippen LogP) is 2.17. The SMILES string of the molecule is CNCCCN(C)C(=O)c1sc2cc(OC)ccc2c1N. The second-order valence-electron chi connectivity index (χ2n) is 4.89. The molecule has 0 aliphatic carbocycles. The van der Waals surface area contributed by atoms with E-state index in [4.69, 9.17) is 10.5 Å². The number of carbonyl (C=O) groups excluding carboxylic acids is 1. The fraction of sp³-hybridized carbons (Fsp3) is 0.400. The Morgan fingerprint density at radius 3 is 2.90 bits per heavy atom. The van der Waals surface area contributed by atoms with Crippen molar-refractivity contribution in [2.24, 2.45) is 0 Å². The van der Waals surface area contributed by atoms with Gasteiger partial charge >= 0.3 is 0 Å². The van der Waals surface area contributed by atoms with Gasteiger partial charge in [0.1, 0.15) is 10.6 Å². The van der Waals surface area contributed by atoms with Gasteiger partial charge in [-0.1, -0.05) is 0 Å². The number of methoxy groups -OCH3 is 1. The van der Waals surface area contributed by atoms with E-state index < -0.39 is 0 Å². The number of fused-ring (bicyclic) bond motifs is 1. The van der Waals surface area contributed by atoms with Crippen LogP contribution in [0.15, 0.2) is 18.2 Å². The van der Waals surface area contributed by atoms with Gasteiger partial charge < -0.3 is 20.7 Å². The van der Waals surface area contributed by atoms with Crippen molar-refractivity contribution in [2.45, 2.75) is 6.42 Å². The molecule has 0 saturated carbocycles. The smallest absolute Gasteiger partial charge is 0.265 e. The minimum Gasteiger partial charge on any atom is -0.497 e. The fourth-order valence-electron chi connectivity index (χ4n) is 2.15. The van der Waals surface area contributed by atoms with Gasteiger partial charge in [0, 0.05) is 23.7 Å². The maximum atomic E-state index is 12.5. The highest BCUT2D eigenvalue weighted by Gasteiger charge is 2.19. The summed E-state index contributed by atoms with van der Waals surface area (Å²) < 4.78 is 6.18. The number of nitrogens with one attached hydrogen (secondary N) is 1. The molecule has 0 spiro atoms. The van der Waals surface area contributed by atoms with E-state index in [-0.39, 0.29) is 5.91 Å². The minimum absolute atomic E-state index is 0.0243. The molecule has 0 atom stereocenters. The van der Waals surface area contributed by atoms with Gasteiger partial charge in [-0.05, 0) is 38.2 Å². The molecule has 0 aliphatic heterocycles. The summed E-state index contributed by atoms with van der Waals surface area (Å²) in [7, 11) is 5.33. The van der Waals surface area contributed by atoms with Gasteiger partial charge in [0.25, 0.3) is 5.91 Å². The van der Waals surface area contributed by atoms with Crippen LogP contribution in [0.4, 0.5) is 5.69 Å². The molecule has 0 saturated heterocycles. The summed E-state index contributed by atoms with van der Waals surface area (Å²) in [6.07, 6.45) is 0.914. The van der Waals surface area contributed by atoms with Crippen LogP contribution >= 0.6 is 11.3 Å². The Bertz CT molecular complexity index is 639. The van der Waals surface area contributed by atoms with E-state index in [9.17, 15) is 4.79 Å². The van der Waals surface area contributed by atoms with Crippen LogP contribution in [0.25, 0.3) is 10.1 Å². The summed E-state index contributed by atoms with van der Waals surface area (Å²) in [4.78, 5) is 14.8. The van der Waals surface area contributed by atoms with Crippen LogP contribution in [-0.2, 0) is 0 Å². The Morgan fingerprint density at radius 1 is 1.48 bits per heavy atom. The molecule has 114 valence electrons. The lowest BCUT2D eigenvalue weighted by Crippen LogP contribution is -2.29. The Hall–Kier alpha value is -1.79. The molecule has 5 nitrogen and oxygen atoms in total. The van der Waals surface area contributed by atoms with E-state index in [1.165, 1.54) is 11.3 Å². The Balaban J connectivity index is 2.24. The van der Waals surface area contributed by atoms with Crippen LogP contribution in [0.3, 0.4) is 0 Å². The molecule has 1 aromatic heterocycles. The quantitative estimate of drug-likeness (QED) is 0.803. The van der Waals surface area contributed by atoms with Gasteiger partial charge in [0.05, 0.1) is 12.8 Å². The van der Waals surface area contributed by atoms with E-state index in [1.807, 2.05) is 32.3 Å². The first kappa shape index (κ1) is 15.6. The first-order chi connectivity index (χ1) is 10.1. The van der Waals surface area contributed by atoms with Crippen LogP contribution in [0.2, 0.25) is 0 Å². The van der Waals surface area contributed by atoms with E-state index in [0.29, 0.717) is 17.1 Å². The lowest BCUT2D eigenvalue weighted by atomic mass is 10.2. The van der Waals surface area contributed by atoms with Gasteiger partial charge in [0.15, 0.2) is 0 Å². The monoisotopic (exact) mass is 307 g/mol. The summed E-state index contributed by atoms with van der Waals surface area (Å²) in [5.74, 6) is 0.744. The summed E-state index contributed by atoms with van der Waals surface area (Å²) >= 11 is 1.42. The Morgan fingerprint density at radius 2 is 2.24 bits per heavy atom. The largest absolute Gasteiger partial charge is 0.497 e. The van der Waals surface area contributed by atoms with Crippen molar-refractivity contribution >= 4 is 33.0 Å². The zero-order valence-corrected chi connectivity index (χ0v) is 13.4. The van der Waals surface area contributed by atoms with Crippen molar-refractivity contribution in [3.63, 3.8) is 0 Å². The molecule has 2 aromatic rings. The van der Waals surface area contributed by atoms with E-state index in [0.717, 1.165) is 28.8 Å². The summed E-state index contributed by atoms with van der Waals surface area (Å²) in [5.41, 5.74) is 6.69. The summed E-state index contributed by atoms with van der Waals surface area (Å²) in [6.45, 7) is 1.59. The number of carbonyl (C=O) groups is 1. The highest BCUT2D eigenvalue weighted by molar-refractivity contribution is 7.21. The first-order valence-corrected chi connectivity index (χ1v) is 7.66. The summed E-state index contributed by atoms with van der Waals surface area (Å²) in [5, 5.41) is 3.98. The molecular formula is C15H21N3O2S. The standard InChI is InChI=1S/C15H21N3O2S/c1-17-7-4-8-18(2)15(19)14-13(16)11-6-5-10(20-3)9-12(11)21-14/h5-6,9,17H,4,7-8,16H2,1-3H3. The number of rotatable bonds is 6. The van der Waals surface area contributed by atoms with Crippen LogP contribution in [0.1, 0.15) is 16.1 Å². The molecule has 1 heterocycles. The number of anilines is 1. The Kier molecular flexibility index (Phi) is 5.03. The number of nitrogen functional groups attached to an aromatic ring is 1. The summed E-state index contributed by atoms with van der Waals surface area (Å²) in [6, 6.07) is 5.67. The molecular weight excluding hydrogens is 286 g/mol. The predicted molar refractivity (Wildman–Crippen MR) is 88.3 cm³/mol. The number of thiophene rings is 1. The van der Waals surface area contributed by atoms with Crippen LogP contribution < -0.4 is 15.8 Å². The third-order valence-electron chi connectivity index (χ3n) is 3.40. The second kappa shape index (κ2) is 6.78. The molecule has 3 N–H and O–H groups in total. The molecule has 6 heteroatoms. The zero-order valence-electron chi connectivity index (χ0n) is 12.6. The van der Waals surface area contributed by atoms with E-state index in [2.05, 4.69) is 5.32 Å². The highest BCUT2D eigenvalue weighted by Crippen LogP contribution is 2.36. The normalized spacial score (nSPS) is 10.8. The van der Waals surface area contributed by atoms with Crippen molar-refractivity contribution in [3.05, 3.63) is 23.1 Å². The van der Waals surface area contributed by atoms with Gasteiger partial charge in [-0.2, -0.15) is 0 Å². The number of ether oxygens (including phenoxy) is 1. The zero-order chi connectivity index (χ0) is 15.4. The topological polar surface area (TPSA) is 67.6 Å². The number of hydrogen-bond donors (Lipinski definition) is 2. The van der Waals surface area contributed by atoms with Crippen molar-refractivity contribution in [1.82, 2.24) is 10.2 Å². The molecule has 0 unspecified atom stereocenters. The third-order valence-corrected chi connectivity index (χ3v) is 4.55. The van der Waals surface area contributed by atoms with Gasteiger partial charge in [-0.3, -0.25) is 4.79 Å². The van der Waals surface area contributed by atoms with Crippen LogP contribution in [-0.4, -0.2) is 45.1 Å². The second-order valence-corrected chi connectivity index (χ2v) is 5.94. The first-order valence-electron chi connectivity index (χ1n) is 6.84. The van der Waals surface area contributed by atoms with Gasteiger partial charge in [-0.15, -0.1) is 11.3 Å². The van der Waals surface area contributed by atoms with Gasteiger partial charge in [-0.25, -0.2) is 0 Å². The van der Waals surface area contributed by atoms with Crippen LogP contribution in [0.5, 0.6) is 5.75 Å². The van der Waals surface area contributed by atoms with E-state index >= 15 is 0 Å². The average molecular weight is 307 g/mol. The van der Waals surface area contributed by atoms with Crippen molar-refractivity contribution in [1.29, 1.82) is 0 Å². The minimum atomic E-state index is -0.0243.